The molecule has 0 bridgehead atoms. The molecule has 4 rings (SSSR count). The number of nitrogens with zero attached hydrogens (tertiary/aromatic N) is 4. The van der Waals surface area contributed by atoms with Crippen molar-refractivity contribution in [1.82, 2.24) is 15.1 Å². The Kier molecular flexibility index (Phi) is 6.77. The average Bonchev–Trinajstić information content (AvgIpc) is 3.33. The van der Waals surface area contributed by atoms with E-state index in [0.29, 0.717) is 17.0 Å². The maximum absolute atomic E-state index is 13.4. The smallest absolute Gasteiger partial charge is 0.324 e. The fourth-order valence-corrected chi connectivity index (χ4v) is 4.76. The molecule has 3 aromatic rings. The summed E-state index contributed by atoms with van der Waals surface area (Å²) in [7, 11) is -1.65. The third-order valence-corrected chi connectivity index (χ3v) is 7.00. The number of hydrogen-bond donors (Lipinski definition) is 0. The highest BCUT2D eigenvalue weighted by molar-refractivity contribution is 7.91. The number of anilines is 1. The van der Waals surface area contributed by atoms with Gasteiger partial charge in [0.15, 0.2) is 9.84 Å². The highest BCUT2D eigenvalue weighted by Gasteiger charge is 2.30. The Bertz CT molecular complexity index is 1250. The van der Waals surface area contributed by atoms with Crippen LogP contribution in [0.25, 0.3) is 11.5 Å². The molecule has 0 radical (unpaired) electrons. The number of carbonyl (C=O) groups is 1. The number of para-hydroxylation sites is 2. The number of urea groups is 1. The Morgan fingerprint density at radius 1 is 1.12 bits per heavy atom. The Hall–Kier alpha value is -3.54. The largest absolute Gasteiger partial charge is 0.495 e. The number of benzene rings is 2. The second-order valence-electron chi connectivity index (χ2n) is 7.62. The van der Waals surface area contributed by atoms with E-state index in [9.17, 15) is 22.0 Å². The first-order chi connectivity index (χ1) is 16.3. The molecule has 9 nitrogen and oxygen atoms in total. The number of methoxy groups -OCH3 is 1. The van der Waals surface area contributed by atoms with E-state index >= 15 is 0 Å². The van der Waals surface area contributed by atoms with Crippen molar-refractivity contribution in [2.75, 3.05) is 36.6 Å². The maximum atomic E-state index is 13.4. The van der Waals surface area contributed by atoms with Crippen molar-refractivity contribution in [3.63, 3.8) is 0 Å². The normalized spacial score (nSPS) is 15.4. The lowest BCUT2D eigenvalue weighted by molar-refractivity contribution is 0.116. The summed E-state index contributed by atoms with van der Waals surface area (Å²) in [5.74, 6) is -0.470. The van der Waals surface area contributed by atoms with E-state index in [0.717, 1.165) is 5.56 Å². The molecule has 180 valence electrons. The van der Waals surface area contributed by atoms with Gasteiger partial charge in [0.1, 0.15) is 5.75 Å². The minimum atomic E-state index is -3.15. The Morgan fingerprint density at radius 3 is 2.41 bits per heavy atom. The minimum Gasteiger partial charge on any atom is -0.495 e. The molecule has 0 aliphatic carbocycles. The Morgan fingerprint density at radius 2 is 1.79 bits per heavy atom. The number of sulfone groups is 1. The number of amides is 2. The first kappa shape index (κ1) is 23.6. The summed E-state index contributed by atoms with van der Waals surface area (Å²) in [5, 5.41) is 6.96. The van der Waals surface area contributed by atoms with Crippen LogP contribution in [0.5, 0.6) is 5.75 Å². The zero-order chi connectivity index (χ0) is 24.3. The standard InChI is InChI=1S/C22H22F2N4O5S/c1-32-18-5-3-2-4-17(18)28(22(29)27-10-12-34(30,31)13-11-27)14-15-6-8-16(9-7-15)20-25-26-21(33-20)19(23)24/h2-9,19H,10-14H2,1H3. The van der Waals surface area contributed by atoms with Crippen LogP contribution in [-0.2, 0) is 16.4 Å². The molecule has 1 fully saturated rings. The monoisotopic (exact) mass is 492 g/mol. The highest BCUT2D eigenvalue weighted by Crippen LogP contribution is 2.31. The van der Waals surface area contributed by atoms with Crippen LogP contribution in [0.1, 0.15) is 17.9 Å². The molecule has 0 unspecified atom stereocenters. The van der Waals surface area contributed by atoms with Gasteiger partial charge in [-0.2, -0.15) is 8.78 Å². The Balaban J connectivity index is 1.59. The molecule has 2 amide bonds. The van der Waals surface area contributed by atoms with Gasteiger partial charge in [-0.25, -0.2) is 13.2 Å². The summed E-state index contributed by atoms with van der Waals surface area (Å²) in [6.45, 7) is 0.375. The molecule has 2 aromatic carbocycles. The molecule has 34 heavy (non-hydrogen) atoms. The topological polar surface area (TPSA) is 106 Å². The van der Waals surface area contributed by atoms with Crippen molar-refractivity contribution in [1.29, 1.82) is 0 Å². The summed E-state index contributed by atoms with van der Waals surface area (Å²) in [4.78, 5) is 16.5. The molecule has 1 aliphatic heterocycles. The summed E-state index contributed by atoms with van der Waals surface area (Å²) in [6.07, 6.45) is -2.86. The Labute approximate surface area is 194 Å². The predicted octanol–water partition coefficient (Wildman–Crippen LogP) is 3.54. The number of alkyl halides is 2. The third kappa shape index (κ3) is 5.16. The number of ether oxygens (including phenoxy) is 1. The van der Waals surface area contributed by atoms with E-state index in [2.05, 4.69) is 10.2 Å². The van der Waals surface area contributed by atoms with Crippen molar-refractivity contribution < 1.29 is 31.1 Å². The highest BCUT2D eigenvalue weighted by atomic mass is 32.2. The zero-order valence-electron chi connectivity index (χ0n) is 18.2. The number of aromatic nitrogens is 2. The van der Waals surface area contributed by atoms with Gasteiger partial charge in [0.2, 0.25) is 5.89 Å². The predicted molar refractivity (Wildman–Crippen MR) is 119 cm³/mol. The van der Waals surface area contributed by atoms with Crippen LogP contribution in [0, 0.1) is 0 Å². The molecule has 1 aliphatic rings. The molecule has 0 spiro atoms. The van der Waals surface area contributed by atoms with E-state index in [-0.39, 0.29) is 43.1 Å². The van der Waals surface area contributed by atoms with Crippen molar-refractivity contribution >= 4 is 21.6 Å². The van der Waals surface area contributed by atoms with E-state index < -0.39 is 22.2 Å². The van der Waals surface area contributed by atoms with Crippen LogP contribution in [0.15, 0.2) is 52.9 Å². The fraction of sp³-hybridized carbons (Fsp3) is 0.318. The van der Waals surface area contributed by atoms with Gasteiger partial charge in [-0.3, -0.25) is 4.90 Å². The van der Waals surface area contributed by atoms with Gasteiger partial charge < -0.3 is 14.1 Å². The number of hydrogen-bond acceptors (Lipinski definition) is 7. The third-order valence-electron chi connectivity index (χ3n) is 5.39. The summed E-state index contributed by atoms with van der Waals surface area (Å²) < 4.78 is 59.5. The van der Waals surface area contributed by atoms with Gasteiger partial charge >= 0.3 is 12.5 Å². The van der Waals surface area contributed by atoms with Crippen LogP contribution in [-0.4, -0.2) is 61.3 Å². The van der Waals surface area contributed by atoms with Gasteiger partial charge in [-0.05, 0) is 29.8 Å². The average molecular weight is 493 g/mol. The van der Waals surface area contributed by atoms with Crippen molar-refractivity contribution in [2.24, 2.45) is 0 Å². The molecule has 2 heterocycles. The van der Waals surface area contributed by atoms with Crippen molar-refractivity contribution in [2.45, 2.75) is 13.0 Å². The van der Waals surface area contributed by atoms with E-state index in [1.807, 2.05) is 0 Å². The van der Waals surface area contributed by atoms with Crippen LogP contribution >= 0.6 is 0 Å². The van der Waals surface area contributed by atoms with Crippen molar-refractivity contribution in [3.8, 4) is 17.2 Å². The molecule has 1 aromatic heterocycles. The second kappa shape index (κ2) is 9.75. The fourth-order valence-electron chi connectivity index (χ4n) is 3.56. The second-order valence-corrected chi connectivity index (χ2v) is 9.93. The summed E-state index contributed by atoms with van der Waals surface area (Å²) >= 11 is 0. The summed E-state index contributed by atoms with van der Waals surface area (Å²) in [6, 6.07) is 13.4. The van der Waals surface area contributed by atoms with Gasteiger partial charge in [0.25, 0.3) is 5.89 Å². The lowest BCUT2D eigenvalue weighted by Crippen LogP contribution is -2.49. The van der Waals surface area contributed by atoms with Crippen LogP contribution in [0.3, 0.4) is 0 Å². The molecule has 0 N–H and O–H groups in total. The minimum absolute atomic E-state index is 0.0333. The van der Waals surface area contributed by atoms with E-state index in [1.165, 1.54) is 16.9 Å². The molecule has 1 saturated heterocycles. The van der Waals surface area contributed by atoms with E-state index in [4.69, 9.17) is 9.15 Å². The van der Waals surface area contributed by atoms with Crippen LogP contribution in [0.2, 0.25) is 0 Å². The number of halogens is 2. The maximum Gasteiger partial charge on any atom is 0.324 e. The molecular formula is C22H22F2N4O5S. The number of rotatable bonds is 6. The molecular weight excluding hydrogens is 470 g/mol. The van der Waals surface area contributed by atoms with Crippen molar-refractivity contribution in [3.05, 3.63) is 60.0 Å². The van der Waals surface area contributed by atoms with Gasteiger partial charge in [-0.1, -0.05) is 24.3 Å². The van der Waals surface area contributed by atoms with Crippen LogP contribution in [0.4, 0.5) is 19.3 Å². The lowest BCUT2D eigenvalue weighted by Gasteiger charge is -2.33. The first-order valence-electron chi connectivity index (χ1n) is 10.4. The molecule has 0 saturated carbocycles. The van der Waals surface area contributed by atoms with Crippen LogP contribution < -0.4 is 9.64 Å². The number of carbonyl (C=O) groups excluding carboxylic acids is 1. The molecule has 12 heteroatoms. The van der Waals surface area contributed by atoms with Gasteiger partial charge in [0.05, 0.1) is 30.8 Å². The SMILES string of the molecule is COc1ccccc1N(Cc1ccc(-c2nnc(C(F)F)o2)cc1)C(=O)N1CCS(=O)(=O)CC1. The lowest BCUT2D eigenvalue weighted by atomic mass is 10.1. The van der Waals surface area contributed by atoms with E-state index in [1.54, 1.807) is 48.5 Å². The van der Waals surface area contributed by atoms with Gasteiger partial charge in [-0.15, -0.1) is 10.2 Å². The van der Waals surface area contributed by atoms with Gasteiger partial charge in [0, 0.05) is 18.7 Å². The first-order valence-corrected chi connectivity index (χ1v) is 12.2. The summed E-state index contributed by atoms with van der Waals surface area (Å²) in [5.41, 5.74) is 1.73. The quantitative estimate of drug-likeness (QED) is 0.518. The zero-order valence-corrected chi connectivity index (χ0v) is 19.0. The molecule has 0 atom stereocenters.